The zero-order valence-corrected chi connectivity index (χ0v) is 19.3. The molecule has 2 aromatic rings. The number of pyridine rings is 2. The molecule has 1 saturated heterocycles. The van der Waals surface area contributed by atoms with Crippen LogP contribution in [-0.4, -0.2) is 70.5 Å². The number of carbonyl (C=O) groups is 1. The number of amides is 1. The van der Waals surface area contributed by atoms with E-state index < -0.39 is 11.2 Å². The van der Waals surface area contributed by atoms with Gasteiger partial charge in [-0.3, -0.25) is 9.59 Å². The van der Waals surface area contributed by atoms with E-state index in [4.69, 9.17) is 9.39 Å². The molecule has 9 nitrogen and oxygen atoms in total. The SMILES string of the molecule is Cn1cc(BOC(C)(C)C(C)(C)O)cc(Nc2ccc(C(=O)N3CCOCC3)cn2)c1=O. The lowest BCUT2D eigenvalue weighted by atomic mass is 9.83. The molecule has 10 heteroatoms. The van der Waals surface area contributed by atoms with Crippen LogP contribution >= 0.6 is 0 Å². The van der Waals surface area contributed by atoms with Crippen molar-refractivity contribution >= 4 is 30.4 Å². The molecule has 2 N–H and O–H groups in total. The average Bonchev–Trinajstić information content (AvgIpc) is 2.75. The summed E-state index contributed by atoms with van der Waals surface area (Å²) < 4.78 is 12.7. The van der Waals surface area contributed by atoms with Gasteiger partial charge in [0.25, 0.3) is 11.5 Å². The van der Waals surface area contributed by atoms with E-state index in [9.17, 15) is 14.7 Å². The molecule has 172 valence electrons. The molecule has 2 aromatic heterocycles. The number of ether oxygens (including phenoxy) is 1. The molecule has 32 heavy (non-hydrogen) atoms. The molecule has 0 aromatic carbocycles. The first kappa shape index (κ1) is 24.0. The van der Waals surface area contributed by atoms with Crippen LogP contribution in [0.1, 0.15) is 38.1 Å². The molecule has 0 atom stereocenters. The molecule has 3 rings (SSSR count). The zero-order chi connectivity index (χ0) is 23.5. The Morgan fingerprint density at radius 2 is 1.94 bits per heavy atom. The second kappa shape index (κ2) is 9.44. The first-order chi connectivity index (χ1) is 15.0. The van der Waals surface area contributed by atoms with Crippen LogP contribution in [-0.2, 0) is 16.4 Å². The first-order valence-corrected chi connectivity index (χ1v) is 10.6. The van der Waals surface area contributed by atoms with Gasteiger partial charge in [0.15, 0.2) is 0 Å². The van der Waals surface area contributed by atoms with Gasteiger partial charge in [0, 0.05) is 32.5 Å². The number of aliphatic hydroxyl groups is 1. The summed E-state index contributed by atoms with van der Waals surface area (Å²) in [5, 5.41) is 13.3. The fourth-order valence-corrected chi connectivity index (χ4v) is 3.07. The molecular weight excluding hydrogens is 411 g/mol. The molecule has 0 radical (unpaired) electrons. The molecule has 1 aliphatic rings. The number of morpholine rings is 1. The van der Waals surface area contributed by atoms with Crippen molar-refractivity contribution in [1.29, 1.82) is 0 Å². The number of nitrogens with one attached hydrogen (secondary N) is 1. The highest BCUT2D eigenvalue weighted by Crippen LogP contribution is 2.24. The smallest absolute Gasteiger partial charge is 0.311 e. The lowest BCUT2D eigenvalue weighted by Gasteiger charge is -2.37. The second-order valence-electron chi connectivity index (χ2n) is 9.00. The highest BCUT2D eigenvalue weighted by molar-refractivity contribution is 6.47. The van der Waals surface area contributed by atoms with Gasteiger partial charge in [-0.15, -0.1) is 0 Å². The van der Waals surface area contributed by atoms with Crippen molar-refractivity contribution in [2.24, 2.45) is 7.05 Å². The number of aromatic nitrogens is 2. The Bertz CT molecular complexity index is 1010. The Morgan fingerprint density at radius 3 is 2.53 bits per heavy atom. The van der Waals surface area contributed by atoms with Gasteiger partial charge >= 0.3 is 7.48 Å². The predicted molar refractivity (Wildman–Crippen MR) is 124 cm³/mol. The predicted octanol–water partition coefficient (Wildman–Crippen LogP) is 0.539. The largest absolute Gasteiger partial charge is 0.427 e. The maximum absolute atomic E-state index is 12.6. The average molecular weight is 442 g/mol. The van der Waals surface area contributed by atoms with E-state index in [1.54, 1.807) is 50.2 Å². The summed E-state index contributed by atoms with van der Waals surface area (Å²) in [6, 6.07) is 5.07. The Labute approximate surface area is 188 Å². The molecule has 0 bridgehead atoms. The topological polar surface area (TPSA) is 106 Å². The molecule has 0 spiro atoms. The van der Waals surface area contributed by atoms with Crippen LogP contribution in [0.4, 0.5) is 11.5 Å². The summed E-state index contributed by atoms with van der Waals surface area (Å²) in [4.78, 5) is 31.2. The fraction of sp³-hybridized carbons (Fsp3) is 0.500. The lowest BCUT2D eigenvalue weighted by molar-refractivity contribution is -0.0893. The van der Waals surface area contributed by atoms with Gasteiger partial charge in [0.05, 0.1) is 30.0 Å². The Hall–Kier alpha value is -2.69. The van der Waals surface area contributed by atoms with E-state index in [-0.39, 0.29) is 18.9 Å². The third kappa shape index (κ3) is 5.56. The van der Waals surface area contributed by atoms with Crippen LogP contribution in [0.3, 0.4) is 0 Å². The van der Waals surface area contributed by atoms with E-state index in [0.29, 0.717) is 43.4 Å². The normalized spacial score (nSPS) is 14.9. The van der Waals surface area contributed by atoms with E-state index in [1.807, 2.05) is 13.8 Å². The van der Waals surface area contributed by atoms with Crippen molar-refractivity contribution in [3.63, 3.8) is 0 Å². The molecule has 1 aliphatic heterocycles. The number of carbonyl (C=O) groups excluding carboxylic acids is 1. The highest BCUT2D eigenvalue weighted by atomic mass is 16.5. The van der Waals surface area contributed by atoms with Crippen molar-refractivity contribution in [3.8, 4) is 0 Å². The van der Waals surface area contributed by atoms with Crippen LogP contribution in [0.5, 0.6) is 0 Å². The maximum atomic E-state index is 12.6. The second-order valence-corrected chi connectivity index (χ2v) is 9.00. The first-order valence-electron chi connectivity index (χ1n) is 10.6. The van der Waals surface area contributed by atoms with Crippen LogP contribution < -0.4 is 16.3 Å². The van der Waals surface area contributed by atoms with E-state index in [0.717, 1.165) is 5.46 Å². The van der Waals surface area contributed by atoms with Crippen molar-refractivity contribution in [3.05, 3.63) is 46.5 Å². The molecule has 0 unspecified atom stereocenters. The minimum absolute atomic E-state index is 0.0863. The summed E-state index contributed by atoms with van der Waals surface area (Å²) in [5.41, 5.74) is -0.425. The quantitative estimate of drug-likeness (QED) is 0.603. The van der Waals surface area contributed by atoms with Gasteiger partial charge in [0.2, 0.25) is 0 Å². The van der Waals surface area contributed by atoms with Crippen molar-refractivity contribution in [1.82, 2.24) is 14.5 Å². The van der Waals surface area contributed by atoms with Crippen LogP contribution in [0.25, 0.3) is 0 Å². The highest BCUT2D eigenvalue weighted by Gasteiger charge is 2.35. The minimum Gasteiger partial charge on any atom is -0.427 e. The van der Waals surface area contributed by atoms with Crippen LogP contribution in [0, 0.1) is 0 Å². The zero-order valence-electron chi connectivity index (χ0n) is 19.3. The van der Waals surface area contributed by atoms with Gasteiger partial charge in [-0.2, -0.15) is 0 Å². The van der Waals surface area contributed by atoms with Gasteiger partial charge in [0.1, 0.15) is 11.5 Å². The minimum atomic E-state index is -1.03. The summed E-state index contributed by atoms with van der Waals surface area (Å²) in [6.45, 7) is 9.22. The molecule has 1 amide bonds. The van der Waals surface area contributed by atoms with E-state index in [1.165, 1.54) is 10.8 Å². The summed E-state index contributed by atoms with van der Waals surface area (Å²) in [5.74, 6) is 0.368. The summed E-state index contributed by atoms with van der Waals surface area (Å²) >= 11 is 0. The Kier molecular flexibility index (Phi) is 7.07. The van der Waals surface area contributed by atoms with Crippen LogP contribution in [0.15, 0.2) is 35.4 Å². The number of hydrogen-bond acceptors (Lipinski definition) is 7. The van der Waals surface area contributed by atoms with Gasteiger partial charge in [-0.1, -0.05) is 0 Å². The monoisotopic (exact) mass is 442 g/mol. The molecule has 1 fully saturated rings. The summed E-state index contributed by atoms with van der Waals surface area (Å²) in [6.07, 6.45) is 3.20. The Balaban J connectivity index is 1.72. The molecule has 3 heterocycles. The summed E-state index contributed by atoms with van der Waals surface area (Å²) in [7, 11) is 1.88. The molecule has 0 saturated carbocycles. The van der Waals surface area contributed by atoms with Crippen molar-refractivity contribution < 1.29 is 19.3 Å². The number of aryl methyl sites for hydroxylation is 1. The van der Waals surface area contributed by atoms with Gasteiger partial charge in [-0.05, 0) is 51.4 Å². The number of rotatable bonds is 7. The maximum Gasteiger partial charge on any atom is 0.311 e. The molecule has 0 aliphatic carbocycles. The third-order valence-corrected chi connectivity index (χ3v) is 5.88. The van der Waals surface area contributed by atoms with Crippen LogP contribution in [0.2, 0.25) is 0 Å². The van der Waals surface area contributed by atoms with E-state index >= 15 is 0 Å². The molecular formula is C22H31BN4O5. The fourth-order valence-electron chi connectivity index (χ4n) is 3.07. The number of nitrogens with zero attached hydrogens (tertiary/aromatic N) is 3. The van der Waals surface area contributed by atoms with E-state index in [2.05, 4.69) is 10.3 Å². The van der Waals surface area contributed by atoms with Gasteiger partial charge in [-0.25, -0.2) is 4.98 Å². The van der Waals surface area contributed by atoms with Crippen molar-refractivity contribution in [2.45, 2.75) is 38.9 Å². The third-order valence-electron chi connectivity index (χ3n) is 5.88. The number of anilines is 2. The number of hydrogen-bond donors (Lipinski definition) is 2. The lowest BCUT2D eigenvalue weighted by Crippen LogP contribution is -2.49. The standard InChI is InChI=1S/C22H31BN4O5/c1-21(2,30)22(3,4)32-23-16-12-17(20(29)26(5)14-16)25-18-7-6-15(13-24-18)19(28)27-8-10-31-11-9-27/h6-7,12-14,23,30H,8-11H2,1-5H3,(H,24,25). The van der Waals surface area contributed by atoms with Gasteiger partial charge < -0.3 is 29.3 Å². The van der Waals surface area contributed by atoms with Crippen molar-refractivity contribution in [2.75, 3.05) is 31.6 Å². The Morgan fingerprint density at radius 1 is 1.25 bits per heavy atom.